The molecule has 0 radical (unpaired) electrons. The normalized spacial score (nSPS) is 14.2. The molecule has 186 valence electrons. The fraction of sp³-hybridized carbons (Fsp3) is 0.292. The predicted molar refractivity (Wildman–Crippen MR) is 143 cm³/mol. The van der Waals surface area contributed by atoms with Crippen LogP contribution in [0.5, 0.6) is 0 Å². The molecule has 4 heterocycles. The van der Waals surface area contributed by atoms with E-state index in [0.717, 1.165) is 36.6 Å². The van der Waals surface area contributed by atoms with Crippen LogP contribution in [0.15, 0.2) is 41.9 Å². The third-order valence-corrected chi connectivity index (χ3v) is 7.24. The lowest BCUT2D eigenvalue weighted by atomic mass is 10.2. The fourth-order valence-corrected chi connectivity index (χ4v) is 4.82. The van der Waals surface area contributed by atoms with Gasteiger partial charge in [0.25, 0.3) is 5.91 Å². The van der Waals surface area contributed by atoms with Gasteiger partial charge in [-0.25, -0.2) is 4.98 Å². The minimum absolute atomic E-state index is 0.317. The Balaban J connectivity index is 1.41. The van der Waals surface area contributed by atoms with Crippen LogP contribution in [-0.4, -0.2) is 68.5 Å². The van der Waals surface area contributed by atoms with E-state index in [0.29, 0.717) is 40.1 Å². The molecule has 3 aromatic heterocycles. The van der Waals surface area contributed by atoms with Crippen molar-refractivity contribution in [2.24, 2.45) is 7.05 Å². The summed E-state index contributed by atoms with van der Waals surface area (Å²) in [6.45, 7) is 5.43. The van der Waals surface area contributed by atoms with E-state index >= 15 is 0 Å². The van der Waals surface area contributed by atoms with Crippen LogP contribution in [0.4, 0.5) is 23.5 Å². The molecule has 1 amide bonds. The number of nitrogens with one attached hydrogen (secondary N) is 2. The number of anilines is 4. The van der Waals surface area contributed by atoms with Gasteiger partial charge in [0, 0.05) is 33.2 Å². The molecule has 36 heavy (non-hydrogen) atoms. The SMILES string of the molecule is Cc1cccc(Cl)c1NC(=O)c1cnc(Nc2nc(-c3cccs3)nc(N3CCN(C)CC3)n2)n1C. The van der Waals surface area contributed by atoms with Crippen molar-refractivity contribution in [1.82, 2.24) is 29.4 Å². The quantitative estimate of drug-likeness (QED) is 0.390. The van der Waals surface area contributed by atoms with Crippen molar-refractivity contribution < 1.29 is 4.79 Å². The number of aryl methyl sites for hydroxylation is 1. The number of carbonyl (C=O) groups is 1. The lowest BCUT2D eigenvalue weighted by Gasteiger charge is -2.32. The number of piperazine rings is 1. The molecule has 0 bridgehead atoms. The highest BCUT2D eigenvalue weighted by atomic mass is 35.5. The summed E-state index contributed by atoms with van der Waals surface area (Å²) in [5, 5.41) is 8.53. The molecule has 0 spiro atoms. The standard InChI is InChI=1S/C24H26ClN9OS/c1-15-6-4-7-16(25)19(15)27-21(35)17-14-26-23(33(17)3)30-22-28-20(18-8-5-13-36-18)29-24(31-22)34-11-9-32(2)10-12-34/h4-8,13-14H,9-12H2,1-3H3,(H,27,35)(H,26,28,29,30,31). The van der Waals surface area contributed by atoms with Gasteiger partial charge in [-0.15, -0.1) is 11.3 Å². The van der Waals surface area contributed by atoms with E-state index in [9.17, 15) is 4.79 Å². The Morgan fingerprint density at radius 3 is 2.58 bits per heavy atom. The van der Waals surface area contributed by atoms with Gasteiger partial charge >= 0.3 is 0 Å². The Labute approximate surface area is 218 Å². The van der Waals surface area contributed by atoms with Crippen molar-refractivity contribution in [3.05, 3.63) is 58.2 Å². The van der Waals surface area contributed by atoms with Gasteiger partial charge in [0.15, 0.2) is 5.82 Å². The number of carbonyl (C=O) groups excluding carboxylic acids is 1. The van der Waals surface area contributed by atoms with Gasteiger partial charge in [-0.2, -0.15) is 15.0 Å². The van der Waals surface area contributed by atoms with Gasteiger partial charge in [-0.3, -0.25) is 10.1 Å². The monoisotopic (exact) mass is 523 g/mol. The van der Waals surface area contributed by atoms with Crippen molar-refractivity contribution in [1.29, 1.82) is 0 Å². The number of hydrogen-bond acceptors (Lipinski definition) is 9. The maximum Gasteiger partial charge on any atom is 0.274 e. The van der Waals surface area contributed by atoms with E-state index in [1.807, 2.05) is 36.6 Å². The molecular formula is C24H26ClN9OS. The Kier molecular flexibility index (Phi) is 6.86. The van der Waals surface area contributed by atoms with Gasteiger partial charge in [0.2, 0.25) is 17.8 Å². The molecule has 4 aromatic rings. The number of benzene rings is 1. The molecule has 1 aliphatic rings. The van der Waals surface area contributed by atoms with Crippen molar-refractivity contribution in [2.75, 3.05) is 48.8 Å². The largest absolute Gasteiger partial charge is 0.338 e. The van der Waals surface area contributed by atoms with Crippen molar-refractivity contribution in [2.45, 2.75) is 6.92 Å². The number of thiophene rings is 1. The highest BCUT2D eigenvalue weighted by molar-refractivity contribution is 7.13. The summed E-state index contributed by atoms with van der Waals surface area (Å²) in [7, 11) is 3.86. The van der Waals surface area contributed by atoms with Gasteiger partial charge < -0.3 is 19.7 Å². The van der Waals surface area contributed by atoms with Crippen molar-refractivity contribution >= 4 is 52.4 Å². The number of imidazole rings is 1. The number of para-hydroxylation sites is 1. The summed E-state index contributed by atoms with van der Waals surface area (Å²) in [5.41, 5.74) is 1.82. The van der Waals surface area contributed by atoms with Crippen LogP contribution >= 0.6 is 22.9 Å². The summed E-state index contributed by atoms with van der Waals surface area (Å²) < 4.78 is 1.66. The molecule has 5 rings (SSSR count). The zero-order valence-corrected chi connectivity index (χ0v) is 21.8. The molecule has 1 fully saturated rings. The first-order valence-corrected chi connectivity index (χ1v) is 12.7. The van der Waals surface area contributed by atoms with Crippen molar-refractivity contribution in [3.8, 4) is 10.7 Å². The minimum atomic E-state index is -0.317. The van der Waals surface area contributed by atoms with E-state index in [2.05, 4.69) is 42.4 Å². The predicted octanol–water partition coefficient (Wildman–Crippen LogP) is 4.04. The van der Waals surface area contributed by atoms with Crippen LogP contribution in [0, 0.1) is 6.92 Å². The Bertz CT molecular complexity index is 1360. The molecule has 10 nitrogen and oxygen atoms in total. The minimum Gasteiger partial charge on any atom is -0.338 e. The first kappa shape index (κ1) is 24.2. The Morgan fingerprint density at radius 1 is 1.06 bits per heavy atom. The Hall–Kier alpha value is -3.54. The molecule has 0 saturated carbocycles. The summed E-state index contributed by atoms with van der Waals surface area (Å²) in [6, 6.07) is 9.43. The van der Waals surface area contributed by atoms with Gasteiger partial charge in [-0.05, 0) is 37.0 Å². The average molecular weight is 524 g/mol. The summed E-state index contributed by atoms with van der Waals surface area (Å²) >= 11 is 7.85. The molecule has 2 N–H and O–H groups in total. The smallest absolute Gasteiger partial charge is 0.274 e. The lowest BCUT2D eigenvalue weighted by molar-refractivity contribution is 0.101. The van der Waals surface area contributed by atoms with Crippen molar-refractivity contribution in [3.63, 3.8) is 0 Å². The number of nitrogens with zero attached hydrogens (tertiary/aromatic N) is 7. The summed E-state index contributed by atoms with van der Waals surface area (Å²) in [5.74, 6) is 1.69. The van der Waals surface area contributed by atoms with E-state index in [1.165, 1.54) is 6.20 Å². The first-order chi connectivity index (χ1) is 17.4. The van der Waals surface area contributed by atoms with Crippen LogP contribution in [-0.2, 0) is 7.05 Å². The molecule has 0 unspecified atom stereocenters. The molecular weight excluding hydrogens is 498 g/mol. The zero-order chi connectivity index (χ0) is 25.2. The fourth-order valence-electron chi connectivity index (χ4n) is 3.89. The first-order valence-electron chi connectivity index (χ1n) is 11.5. The maximum absolute atomic E-state index is 13.0. The van der Waals surface area contributed by atoms with Crippen LogP contribution in [0.2, 0.25) is 5.02 Å². The van der Waals surface area contributed by atoms with E-state index in [-0.39, 0.29) is 5.91 Å². The van der Waals surface area contributed by atoms with Crippen LogP contribution < -0.4 is 15.5 Å². The second-order valence-corrected chi connectivity index (χ2v) is 9.94. The van der Waals surface area contributed by atoms with Crippen LogP contribution in [0.1, 0.15) is 16.1 Å². The maximum atomic E-state index is 13.0. The number of rotatable bonds is 6. The number of aromatic nitrogens is 5. The van der Waals surface area contributed by atoms with Gasteiger partial charge in [0.05, 0.1) is 21.8 Å². The molecule has 0 atom stereocenters. The summed E-state index contributed by atoms with van der Waals surface area (Å²) in [4.78, 5) is 36.8. The summed E-state index contributed by atoms with van der Waals surface area (Å²) in [6.07, 6.45) is 1.51. The number of hydrogen-bond donors (Lipinski definition) is 2. The number of halogens is 1. The highest BCUT2D eigenvalue weighted by Gasteiger charge is 2.21. The molecule has 0 aliphatic carbocycles. The lowest BCUT2D eigenvalue weighted by Crippen LogP contribution is -2.45. The second kappa shape index (κ2) is 10.2. The van der Waals surface area contributed by atoms with E-state index in [4.69, 9.17) is 16.6 Å². The molecule has 1 aromatic carbocycles. The third kappa shape index (κ3) is 5.03. The third-order valence-electron chi connectivity index (χ3n) is 6.06. The van der Waals surface area contributed by atoms with E-state index < -0.39 is 0 Å². The van der Waals surface area contributed by atoms with Gasteiger partial charge in [0.1, 0.15) is 5.69 Å². The van der Waals surface area contributed by atoms with E-state index in [1.54, 1.807) is 29.0 Å². The van der Waals surface area contributed by atoms with Crippen LogP contribution in [0.25, 0.3) is 10.7 Å². The second-order valence-electron chi connectivity index (χ2n) is 8.59. The molecule has 12 heteroatoms. The number of likely N-dealkylation sites (N-methyl/N-ethyl adjacent to an activating group) is 1. The average Bonchev–Trinajstić information content (AvgIpc) is 3.53. The highest BCUT2D eigenvalue weighted by Crippen LogP contribution is 2.27. The molecule has 1 aliphatic heterocycles. The number of amides is 1. The zero-order valence-electron chi connectivity index (χ0n) is 20.2. The topological polar surface area (TPSA) is 104 Å². The van der Waals surface area contributed by atoms with Crippen LogP contribution in [0.3, 0.4) is 0 Å². The van der Waals surface area contributed by atoms with Gasteiger partial charge in [-0.1, -0.05) is 29.8 Å². The molecule has 1 saturated heterocycles. The Morgan fingerprint density at radius 2 is 1.86 bits per heavy atom.